The maximum atomic E-state index is 13.5. The van der Waals surface area contributed by atoms with Crippen LogP contribution in [0, 0.1) is 5.82 Å². The number of carbonyl (C=O) groups is 1. The van der Waals surface area contributed by atoms with Crippen molar-refractivity contribution in [1.29, 1.82) is 0 Å². The summed E-state index contributed by atoms with van der Waals surface area (Å²) in [6.07, 6.45) is 2.41. The Hall–Kier alpha value is -2.82. The third kappa shape index (κ3) is 2.25. The van der Waals surface area contributed by atoms with Gasteiger partial charge in [0.1, 0.15) is 11.6 Å². The number of methoxy groups -OCH3 is 1. The zero-order valence-corrected chi connectivity index (χ0v) is 12.5. The van der Waals surface area contributed by atoms with Crippen molar-refractivity contribution in [2.75, 3.05) is 12.4 Å². The van der Waals surface area contributed by atoms with E-state index in [1.54, 1.807) is 13.2 Å². The number of H-pyrrole nitrogens is 1. The molecular formula is C18H15FN2O2. The number of fused-ring (bicyclic) bond motifs is 2. The van der Waals surface area contributed by atoms with E-state index in [2.05, 4.69) is 10.3 Å². The van der Waals surface area contributed by atoms with E-state index in [0.717, 1.165) is 22.2 Å². The molecule has 0 saturated heterocycles. The normalized spacial score (nSPS) is 16.4. The van der Waals surface area contributed by atoms with Crippen molar-refractivity contribution in [3.8, 4) is 5.75 Å². The molecule has 0 saturated carbocycles. The second kappa shape index (κ2) is 5.12. The summed E-state index contributed by atoms with van der Waals surface area (Å²) in [6.45, 7) is 0. The van der Waals surface area contributed by atoms with Crippen molar-refractivity contribution >= 4 is 22.5 Å². The van der Waals surface area contributed by atoms with E-state index in [1.165, 1.54) is 12.1 Å². The molecule has 1 atom stereocenters. The molecule has 3 aromatic rings. The standard InChI is InChI=1S/C18H15FN2O2/c1-23-12-3-5-16-13(8-12)10(9-20-16)6-15-14-7-11(19)2-4-17(14)21-18(15)22/h2-5,7-9,15,20H,6H2,1H3,(H,21,22). The molecule has 0 bridgehead atoms. The van der Waals surface area contributed by atoms with Gasteiger partial charge in [-0.3, -0.25) is 4.79 Å². The van der Waals surface area contributed by atoms with Gasteiger partial charge in [0.05, 0.1) is 13.0 Å². The average molecular weight is 310 g/mol. The summed E-state index contributed by atoms with van der Waals surface area (Å²) in [4.78, 5) is 15.5. The number of aromatic amines is 1. The summed E-state index contributed by atoms with van der Waals surface area (Å²) in [5.74, 6) is -0.0414. The number of benzene rings is 2. The van der Waals surface area contributed by atoms with E-state index in [-0.39, 0.29) is 17.6 Å². The maximum Gasteiger partial charge on any atom is 0.232 e. The Labute approximate surface area is 132 Å². The largest absolute Gasteiger partial charge is 0.497 e. The Morgan fingerprint density at radius 3 is 2.91 bits per heavy atom. The lowest BCUT2D eigenvalue weighted by molar-refractivity contribution is -0.117. The molecule has 116 valence electrons. The molecule has 2 N–H and O–H groups in total. The first-order valence-electron chi connectivity index (χ1n) is 7.40. The van der Waals surface area contributed by atoms with Crippen molar-refractivity contribution in [2.24, 2.45) is 0 Å². The zero-order chi connectivity index (χ0) is 16.0. The topological polar surface area (TPSA) is 54.1 Å². The highest BCUT2D eigenvalue weighted by Gasteiger charge is 2.31. The molecule has 4 nitrogen and oxygen atoms in total. The molecule has 2 heterocycles. The third-order valence-corrected chi connectivity index (χ3v) is 4.36. The van der Waals surface area contributed by atoms with Gasteiger partial charge in [-0.05, 0) is 53.9 Å². The molecule has 1 aliphatic heterocycles. The van der Waals surface area contributed by atoms with Gasteiger partial charge in [0, 0.05) is 22.8 Å². The smallest absolute Gasteiger partial charge is 0.232 e. The highest BCUT2D eigenvalue weighted by Crippen LogP contribution is 2.36. The maximum absolute atomic E-state index is 13.5. The van der Waals surface area contributed by atoms with E-state index < -0.39 is 0 Å². The summed E-state index contributed by atoms with van der Waals surface area (Å²) in [7, 11) is 1.62. The van der Waals surface area contributed by atoms with E-state index in [1.807, 2.05) is 24.4 Å². The minimum Gasteiger partial charge on any atom is -0.497 e. The number of carbonyl (C=O) groups excluding carboxylic acids is 1. The van der Waals surface area contributed by atoms with Crippen molar-refractivity contribution in [3.05, 3.63) is 59.5 Å². The van der Waals surface area contributed by atoms with Gasteiger partial charge in [-0.25, -0.2) is 4.39 Å². The van der Waals surface area contributed by atoms with Gasteiger partial charge in [0.25, 0.3) is 0 Å². The molecule has 0 aliphatic carbocycles. The molecular weight excluding hydrogens is 295 g/mol. The lowest BCUT2D eigenvalue weighted by Crippen LogP contribution is -2.14. The Morgan fingerprint density at radius 1 is 1.22 bits per heavy atom. The van der Waals surface area contributed by atoms with Gasteiger partial charge in [-0.1, -0.05) is 0 Å². The van der Waals surface area contributed by atoms with Crippen molar-refractivity contribution in [3.63, 3.8) is 0 Å². The van der Waals surface area contributed by atoms with Gasteiger partial charge >= 0.3 is 0 Å². The predicted molar refractivity (Wildman–Crippen MR) is 86.3 cm³/mol. The minimum absolute atomic E-state index is 0.0946. The Kier molecular flexibility index (Phi) is 3.08. The van der Waals surface area contributed by atoms with Crippen LogP contribution in [0.3, 0.4) is 0 Å². The summed E-state index contributed by atoms with van der Waals surface area (Å²) in [6, 6.07) is 10.2. The predicted octanol–water partition coefficient (Wildman–Crippen LogP) is 3.59. The number of rotatable bonds is 3. The number of aromatic nitrogens is 1. The van der Waals surface area contributed by atoms with Gasteiger partial charge in [0.15, 0.2) is 0 Å². The monoisotopic (exact) mass is 310 g/mol. The van der Waals surface area contributed by atoms with E-state index in [4.69, 9.17) is 4.74 Å². The Morgan fingerprint density at radius 2 is 2.09 bits per heavy atom. The minimum atomic E-state index is -0.383. The SMILES string of the molecule is COc1ccc2[nH]cc(CC3C(=O)Nc4ccc(F)cc43)c2c1. The molecule has 0 fully saturated rings. The number of hydrogen-bond acceptors (Lipinski definition) is 2. The summed E-state index contributed by atoms with van der Waals surface area (Å²) >= 11 is 0. The van der Waals surface area contributed by atoms with Crippen LogP contribution in [0.25, 0.3) is 10.9 Å². The van der Waals surface area contributed by atoms with E-state index in [0.29, 0.717) is 17.7 Å². The number of ether oxygens (including phenoxy) is 1. The van der Waals surface area contributed by atoms with Crippen LogP contribution in [-0.4, -0.2) is 18.0 Å². The van der Waals surface area contributed by atoms with Gasteiger partial charge in [0.2, 0.25) is 5.91 Å². The molecule has 1 unspecified atom stereocenters. The van der Waals surface area contributed by atoms with Crippen LogP contribution in [0.15, 0.2) is 42.6 Å². The molecule has 1 aliphatic rings. The van der Waals surface area contributed by atoms with E-state index in [9.17, 15) is 9.18 Å². The molecule has 2 aromatic carbocycles. The van der Waals surface area contributed by atoms with Crippen LogP contribution in [0.1, 0.15) is 17.0 Å². The molecule has 0 spiro atoms. The van der Waals surface area contributed by atoms with Crippen LogP contribution in [0.2, 0.25) is 0 Å². The number of anilines is 1. The number of nitrogens with one attached hydrogen (secondary N) is 2. The first-order chi connectivity index (χ1) is 11.2. The summed E-state index contributed by atoms with van der Waals surface area (Å²) < 4.78 is 18.8. The molecule has 1 amide bonds. The second-order valence-corrected chi connectivity index (χ2v) is 5.70. The third-order valence-electron chi connectivity index (χ3n) is 4.36. The fraction of sp³-hybridized carbons (Fsp3) is 0.167. The van der Waals surface area contributed by atoms with Crippen LogP contribution in [-0.2, 0) is 11.2 Å². The molecule has 0 radical (unpaired) electrons. The van der Waals surface area contributed by atoms with Crippen molar-refractivity contribution in [1.82, 2.24) is 4.98 Å². The van der Waals surface area contributed by atoms with Crippen molar-refractivity contribution < 1.29 is 13.9 Å². The summed E-state index contributed by atoms with van der Waals surface area (Å²) in [5.41, 5.74) is 3.40. The number of hydrogen-bond donors (Lipinski definition) is 2. The van der Waals surface area contributed by atoms with Crippen LogP contribution >= 0.6 is 0 Å². The quantitative estimate of drug-likeness (QED) is 0.776. The van der Waals surface area contributed by atoms with Crippen LogP contribution in [0.5, 0.6) is 5.75 Å². The fourth-order valence-electron chi connectivity index (χ4n) is 3.17. The van der Waals surface area contributed by atoms with Gasteiger partial charge < -0.3 is 15.0 Å². The van der Waals surface area contributed by atoms with Gasteiger partial charge in [-0.15, -0.1) is 0 Å². The lowest BCUT2D eigenvalue weighted by atomic mass is 9.93. The Balaban J connectivity index is 1.74. The first-order valence-corrected chi connectivity index (χ1v) is 7.40. The highest BCUT2D eigenvalue weighted by molar-refractivity contribution is 6.03. The fourth-order valence-corrected chi connectivity index (χ4v) is 3.17. The number of halogens is 1. The van der Waals surface area contributed by atoms with Gasteiger partial charge in [-0.2, -0.15) is 0 Å². The molecule has 4 rings (SSSR count). The first kappa shape index (κ1) is 13.8. The molecule has 5 heteroatoms. The van der Waals surface area contributed by atoms with Crippen LogP contribution in [0.4, 0.5) is 10.1 Å². The molecule has 23 heavy (non-hydrogen) atoms. The Bertz CT molecular complexity index is 917. The zero-order valence-electron chi connectivity index (χ0n) is 12.5. The van der Waals surface area contributed by atoms with E-state index >= 15 is 0 Å². The second-order valence-electron chi connectivity index (χ2n) is 5.70. The summed E-state index contributed by atoms with van der Waals surface area (Å²) in [5, 5.41) is 3.83. The van der Waals surface area contributed by atoms with Crippen molar-refractivity contribution in [2.45, 2.75) is 12.3 Å². The van der Waals surface area contributed by atoms with Crippen LogP contribution < -0.4 is 10.1 Å². The number of amides is 1. The average Bonchev–Trinajstić information content (AvgIpc) is 3.09. The lowest BCUT2D eigenvalue weighted by Gasteiger charge is -2.08. The molecule has 1 aromatic heterocycles. The highest BCUT2D eigenvalue weighted by atomic mass is 19.1.